The first-order chi connectivity index (χ1) is 12.2. The highest BCUT2D eigenvalue weighted by Crippen LogP contribution is 2.31. The first-order valence-corrected chi connectivity index (χ1v) is 8.11. The third-order valence-electron chi connectivity index (χ3n) is 3.62. The topological polar surface area (TPSA) is 52.0 Å². The number of aldehydes is 2. The van der Waals surface area contributed by atoms with Crippen molar-refractivity contribution >= 4 is 41.5 Å². The van der Waals surface area contributed by atoms with Gasteiger partial charge in [-0.2, -0.15) is 5.10 Å². The lowest BCUT2D eigenvalue weighted by atomic mass is 10.1. The molecule has 0 N–H and O–H groups in total. The quantitative estimate of drug-likeness (QED) is 0.480. The molecule has 0 unspecified atom stereocenters. The van der Waals surface area contributed by atoms with E-state index in [9.17, 15) is 9.59 Å². The van der Waals surface area contributed by atoms with E-state index in [0.717, 1.165) is 0 Å². The SMILES string of the molecule is O=C/C=C(\c1ccccc1Cl)n1cc(C=O)c(-c2ccccc2Cl)n1. The van der Waals surface area contributed by atoms with Crippen LogP contribution in [0.5, 0.6) is 0 Å². The maximum Gasteiger partial charge on any atom is 0.153 e. The van der Waals surface area contributed by atoms with Crippen molar-refractivity contribution in [2.24, 2.45) is 0 Å². The van der Waals surface area contributed by atoms with Crippen LogP contribution in [0.25, 0.3) is 17.0 Å². The Bertz CT molecular complexity index is 977. The van der Waals surface area contributed by atoms with E-state index in [1.165, 1.54) is 10.8 Å². The van der Waals surface area contributed by atoms with Crippen molar-refractivity contribution in [2.45, 2.75) is 0 Å². The number of carbonyl (C=O) groups is 2. The number of nitrogens with zero attached hydrogens (tertiary/aromatic N) is 2. The van der Waals surface area contributed by atoms with Gasteiger partial charge in [0.1, 0.15) is 12.0 Å². The Morgan fingerprint density at radius 2 is 1.64 bits per heavy atom. The molecule has 4 nitrogen and oxygen atoms in total. The largest absolute Gasteiger partial charge is 0.298 e. The molecule has 3 aromatic rings. The van der Waals surface area contributed by atoms with Crippen LogP contribution in [0.3, 0.4) is 0 Å². The zero-order chi connectivity index (χ0) is 17.8. The molecule has 3 rings (SSSR count). The minimum absolute atomic E-state index is 0.358. The Morgan fingerprint density at radius 3 is 2.28 bits per heavy atom. The molecule has 0 aliphatic carbocycles. The number of allylic oxidation sites excluding steroid dienone is 1. The van der Waals surface area contributed by atoms with E-state index in [2.05, 4.69) is 5.10 Å². The van der Waals surface area contributed by atoms with Crippen molar-refractivity contribution in [2.75, 3.05) is 0 Å². The van der Waals surface area contributed by atoms with Gasteiger partial charge in [-0.15, -0.1) is 0 Å². The molecule has 6 heteroatoms. The molecular weight excluding hydrogens is 359 g/mol. The van der Waals surface area contributed by atoms with Crippen molar-refractivity contribution in [1.82, 2.24) is 9.78 Å². The Labute approximate surface area is 154 Å². The number of halogens is 2. The van der Waals surface area contributed by atoms with Gasteiger partial charge in [0.25, 0.3) is 0 Å². The second-order valence-corrected chi connectivity index (χ2v) is 5.96. The predicted molar refractivity (Wildman–Crippen MR) is 99.0 cm³/mol. The predicted octanol–water partition coefficient (Wildman–Crippen LogP) is 4.76. The summed E-state index contributed by atoms with van der Waals surface area (Å²) in [4.78, 5) is 22.6. The zero-order valence-electron chi connectivity index (χ0n) is 12.9. The van der Waals surface area contributed by atoms with Crippen LogP contribution in [0, 0.1) is 0 Å². The number of benzene rings is 2. The van der Waals surface area contributed by atoms with Gasteiger partial charge < -0.3 is 0 Å². The summed E-state index contributed by atoms with van der Waals surface area (Å²) in [7, 11) is 0. The fourth-order valence-corrected chi connectivity index (χ4v) is 2.94. The lowest BCUT2D eigenvalue weighted by molar-refractivity contribution is -0.104. The maximum absolute atomic E-state index is 11.5. The van der Waals surface area contributed by atoms with E-state index in [4.69, 9.17) is 23.2 Å². The summed E-state index contributed by atoms with van der Waals surface area (Å²) in [5.41, 5.74) is 2.51. The molecule has 0 fully saturated rings. The summed E-state index contributed by atoms with van der Waals surface area (Å²) in [6.45, 7) is 0. The van der Waals surface area contributed by atoms with Crippen LogP contribution in [-0.4, -0.2) is 22.4 Å². The molecule has 0 atom stereocenters. The summed E-state index contributed by atoms with van der Waals surface area (Å²) in [6, 6.07) is 14.2. The van der Waals surface area contributed by atoms with Crippen LogP contribution >= 0.6 is 23.2 Å². The molecule has 1 heterocycles. The molecule has 2 aromatic carbocycles. The van der Waals surface area contributed by atoms with E-state index in [0.29, 0.717) is 50.7 Å². The second kappa shape index (κ2) is 7.47. The van der Waals surface area contributed by atoms with Crippen molar-refractivity contribution in [3.05, 3.63) is 82.0 Å². The maximum atomic E-state index is 11.5. The lowest BCUT2D eigenvalue weighted by Gasteiger charge is -2.09. The van der Waals surface area contributed by atoms with Gasteiger partial charge in [-0.05, 0) is 12.1 Å². The molecule has 0 aliphatic rings. The van der Waals surface area contributed by atoms with E-state index in [-0.39, 0.29) is 0 Å². The standard InChI is InChI=1S/C19H12Cl2N2O2/c20-16-7-3-1-5-14(16)18(9-10-24)23-11-13(12-25)19(22-23)15-6-2-4-8-17(15)21/h1-12H/b18-9+. The van der Waals surface area contributed by atoms with Gasteiger partial charge in [0.15, 0.2) is 6.29 Å². The minimum atomic E-state index is 0.358. The molecule has 0 saturated heterocycles. The van der Waals surface area contributed by atoms with Gasteiger partial charge in [0, 0.05) is 28.4 Å². The number of hydrogen-bond acceptors (Lipinski definition) is 3. The van der Waals surface area contributed by atoms with Gasteiger partial charge in [0.2, 0.25) is 0 Å². The number of hydrogen-bond donors (Lipinski definition) is 0. The van der Waals surface area contributed by atoms with Crippen molar-refractivity contribution in [3.8, 4) is 11.3 Å². The Hall–Kier alpha value is -2.69. The van der Waals surface area contributed by atoms with E-state index in [1.807, 2.05) is 6.07 Å². The lowest BCUT2D eigenvalue weighted by Crippen LogP contribution is -2.01. The molecule has 0 amide bonds. The smallest absolute Gasteiger partial charge is 0.153 e. The summed E-state index contributed by atoms with van der Waals surface area (Å²) < 4.78 is 1.46. The zero-order valence-corrected chi connectivity index (χ0v) is 14.4. The highest BCUT2D eigenvalue weighted by molar-refractivity contribution is 6.33. The molecule has 25 heavy (non-hydrogen) atoms. The number of carbonyl (C=O) groups excluding carboxylic acids is 2. The van der Waals surface area contributed by atoms with Gasteiger partial charge in [-0.25, -0.2) is 4.68 Å². The summed E-state index contributed by atoms with van der Waals surface area (Å²) in [6.07, 6.45) is 4.24. The summed E-state index contributed by atoms with van der Waals surface area (Å²) in [5, 5.41) is 5.42. The normalized spacial score (nSPS) is 11.4. The number of rotatable bonds is 5. The third-order valence-corrected chi connectivity index (χ3v) is 4.28. The Kier molecular flexibility index (Phi) is 5.12. The van der Waals surface area contributed by atoms with E-state index < -0.39 is 0 Å². The minimum Gasteiger partial charge on any atom is -0.298 e. The van der Waals surface area contributed by atoms with E-state index >= 15 is 0 Å². The molecule has 124 valence electrons. The molecule has 1 aromatic heterocycles. The average molecular weight is 371 g/mol. The van der Waals surface area contributed by atoms with Crippen molar-refractivity contribution in [3.63, 3.8) is 0 Å². The third kappa shape index (κ3) is 3.40. The fourth-order valence-electron chi connectivity index (χ4n) is 2.48. The molecule has 0 aliphatic heterocycles. The number of aromatic nitrogens is 2. The van der Waals surface area contributed by atoms with Crippen molar-refractivity contribution in [1.29, 1.82) is 0 Å². The van der Waals surface area contributed by atoms with Crippen LogP contribution in [0.15, 0.2) is 60.8 Å². The monoisotopic (exact) mass is 370 g/mol. The highest BCUT2D eigenvalue weighted by atomic mass is 35.5. The van der Waals surface area contributed by atoms with Crippen LogP contribution in [0.1, 0.15) is 15.9 Å². The van der Waals surface area contributed by atoms with Crippen molar-refractivity contribution < 1.29 is 9.59 Å². The molecule has 0 bridgehead atoms. The van der Waals surface area contributed by atoms with Gasteiger partial charge >= 0.3 is 0 Å². The summed E-state index contributed by atoms with van der Waals surface area (Å²) >= 11 is 12.5. The molecule has 0 radical (unpaired) electrons. The van der Waals surface area contributed by atoms with Crippen LogP contribution in [-0.2, 0) is 4.79 Å². The molecular formula is C19H12Cl2N2O2. The van der Waals surface area contributed by atoms with E-state index in [1.54, 1.807) is 48.7 Å². The second-order valence-electron chi connectivity index (χ2n) is 5.14. The molecule has 0 spiro atoms. The highest BCUT2D eigenvalue weighted by Gasteiger charge is 2.17. The van der Waals surface area contributed by atoms with Crippen LogP contribution in [0.2, 0.25) is 10.0 Å². The molecule has 0 saturated carbocycles. The van der Waals surface area contributed by atoms with Crippen LogP contribution < -0.4 is 0 Å². The Balaban J connectivity index is 2.19. The average Bonchev–Trinajstić information content (AvgIpc) is 3.05. The fraction of sp³-hybridized carbons (Fsp3) is 0. The summed E-state index contributed by atoms with van der Waals surface area (Å²) in [5.74, 6) is 0. The van der Waals surface area contributed by atoms with Crippen LogP contribution in [0.4, 0.5) is 0 Å². The first-order valence-electron chi connectivity index (χ1n) is 7.36. The van der Waals surface area contributed by atoms with Gasteiger partial charge in [0.05, 0.1) is 16.3 Å². The Morgan fingerprint density at radius 1 is 0.960 bits per heavy atom. The van der Waals surface area contributed by atoms with Gasteiger partial charge in [-0.3, -0.25) is 9.59 Å². The first kappa shape index (κ1) is 17.1. The van der Waals surface area contributed by atoms with Gasteiger partial charge in [-0.1, -0.05) is 59.6 Å².